The maximum atomic E-state index is 12.3. The zero-order valence-corrected chi connectivity index (χ0v) is 19.9. The van der Waals surface area contributed by atoms with Gasteiger partial charge in [-0.1, -0.05) is 0 Å². The molecule has 2 aliphatic rings. The molecule has 152 valence electrons. The van der Waals surface area contributed by atoms with Crippen LogP contribution < -0.4 is 5.32 Å². The molecule has 6 nitrogen and oxygen atoms in total. The van der Waals surface area contributed by atoms with Gasteiger partial charge >= 0.3 is 0 Å². The number of rotatable bonds is 6. The lowest BCUT2D eigenvalue weighted by Crippen LogP contribution is -2.54. The van der Waals surface area contributed by atoms with Gasteiger partial charge in [-0.05, 0) is 39.9 Å². The van der Waals surface area contributed by atoms with E-state index in [4.69, 9.17) is 4.99 Å². The Hall–Kier alpha value is -0.220. The van der Waals surface area contributed by atoms with Crippen LogP contribution >= 0.6 is 35.7 Å². The van der Waals surface area contributed by atoms with Gasteiger partial charge in [-0.15, -0.1) is 24.0 Å². The van der Waals surface area contributed by atoms with E-state index in [9.17, 15) is 4.79 Å². The number of nitrogens with zero attached hydrogens (tertiary/aromatic N) is 4. The first-order valence-electron chi connectivity index (χ1n) is 9.53. The quantitative estimate of drug-likeness (QED) is 0.346. The second kappa shape index (κ2) is 11.6. The van der Waals surface area contributed by atoms with Gasteiger partial charge in [-0.2, -0.15) is 11.8 Å². The molecule has 0 bridgehead atoms. The molecule has 0 saturated carbocycles. The number of amides is 1. The lowest BCUT2D eigenvalue weighted by Gasteiger charge is -2.37. The van der Waals surface area contributed by atoms with Crippen molar-refractivity contribution in [3.05, 3.63) is 0 Å². The summed E-state index contributed by atoms with van der Waals surface area (Å²) in [4.78, 5) is 23.8. The van der Waals surface area contributed by atoms with Crippen molar-refractivity contribution in [2.75, 3.05) is 65.2 Å². The van der Waals surface area contributed by atoms with E-state index in [1.165, 1.54) is 0 Å². The molecule has 0 radical (unpaired) electrons. The number of carbonyl (C=O) groups excluding carboxylic acids is 1. The minimum absolute atomic E-state index is 0. The average Bonchev–Trinajstić information content (AvgIpc) is 3.14. The van der Waals surface area contributed by atoms with Crippen molar-refractivity contribution in [3.8, 4) is 0 Å². The van der Waals surface area contributed by atoms with E-state index in [1.54, 1.807) is 0 Å². The Bertz CT molecular complexity index is 460. The maximum absolute atomic E-state index is 12.3. The molecule has 2 saturated heterocycles. The van der Waals surface area contributed by atoms with Crippen molar-refractivity contribution in [1.29, 1.82) is 0 Å². The highest BCUT2D eigenvalue weighted by Crippen LogP contribution is 2.21. The molecule has 0 aromatic carbocycles. The molecule has 0 aromatic rings. The summed E-state index contributed by atoms with van der Waals surface area (Å²) in [6.45, 7) is 14.4. The van der Waals surface area contributed by atoms with Crippen LogP contribution in [0.2, 0.25) is 0 Å². The number of hydrogen-bond donors (Lipinski definition) is 1. The van der Waals surface area contributed by atoms with Gasteiger partial charge in [0.05, 0.1) is 13.1 Å². The summed E-state index contributed by atoms with van der Waals surface area (Å²) in [6, 6.07) is 0. The van der Waals surface area contributed by atoms with Crippen LogP contribution in [0, 0.1) is 0 Å². The van der Waals surface area contributed by atoms with Crippen molar-refractivity contribution >= 4 is 47.6 Å². The first-order chi connectivity index (χ1) is 11.9. The SMILES string of the molecule is CCNC(=NCC(C)(C)SC)N1CCN(CC(=O)N2CCCC2)CC1.I. The minimum Gasteiger partial charge on any atom is -0.357 e. The zero-order valence-electron chi connectivity index (χ0n) is 16.8. The fraction of sp³-hybridized carbons (Fsp3) is 0.889. The molecule has 0 aromatic heterocycles. The zero-order chi connectivity index (χ0) is 18.3. The van der Waals surface area contributed by atoms with Gasteiger partial charge in [0.15, 0.2) is 5.96 Å². The highest BCUT2D eigenvalue weighted by atomic mass is 127. The van der Waals surface area contributed by atoms with E-state index in [0.717, 1.165) is 71.2 Å². The van der Waals surface area contributed by atoms with Gasteiger partial charge in [0.25, 0.3) is 0 Å². The molecule has 26 heavy (non-hydrogen) atoms. The van der Waals surface area contributed by atoms with Gasteiger partial charge in [0.1, 0.15) is 0 Å². The molecule has 1 amide bonds. The summed E-state index contributed by atoms with van der Waals surface area (Å²) in [5.74, 6) is 1.31. The molecular weight excluding hydrogens is 461 g/mol. The summed E-state index contributed by atoms with van der Waals surface area (Å²) in [7, 11) is 0. The van der Waals surface area contributed by atoms with Crippen molar-refractivity contribution in [1.82, 2.24) is 20.0 Å². The van der Waals surface area contributed by atoms with Crippen LogP contribution in [0.25, 0.3) is 0 Å². The Labute approximate surface area is 180 Å². The highest BCUT2D eigenvalue weighted by molar-refractivity contribution is 14.0. The Morgan fingerprint density at radius 3 is 2.23 bits per heavy atom. The van der Waals surface area contributed by atoms with Gasteiger partial charge in [-0.25, -0.2) is 0 Å². The Balaban J connectivity index is 0.00000338. The Morgan fingerprint density at radius 2 is 1.69 bits per heavy atom. The molecule has 2 fully saturated rings. The average molecular weight is 497 g/mol. The van der Waals surface area contributed by atoms with Crippen LogP contribution in [-0.2, 0) is 4.79 Å². The van der Waals surface area contributed by atoms with Crippen molar-refractivity contribution in [3.63, 3.8) is 0 Å². The van der Waals surface area contributed by atoms with Crippen LogP contribution in [0.5, 0.6) is 0 Å². The lowest BCUT2D eigenvalue weighted by molar-refractivity contribution is -0.131. The number of piperazine rings is 1. The van der Waals surface area contributed by atoms with Crippen molar-refractivity contribution in [2.24, 2.45) is 4.99 Å². The van der Waals surface area contributed by atoms with E-state index in [1.807, 2.05) is 16.7 Å². The summed E-state index contributed by atoms with van der Waals surface area (Å²) < 4.78 is 0.157. The standard InChI is InChI=1S/C18H35N5OS.HI/c1-5-19-17(20-15-18(2,3)25-4)23-12-10-21(11-13-23)14-16(24)22-8-6-7-9-22;/h5-15H2,1-4H3,(H,19,20);1H. The van der Waals surface area contributed by atoms with Crippen LogP contribution in [0.1, 0.15) is 33.6 Å². The van der Waals surface area contributed by atoms with E-state index in [0.29, 0.717) is 12.5 Å². The molecule has 0 aliphatic carbocycles. The predicted molar refractivity (Wildman–Crippen MR) is 123 cm³/mol. The van der Waals surface area contributed by atoms with Crippen molar-refractivity contribution < 1.29 is 4.79 Å². The minimum atomic E-state index is 0. The van der Waals surface area contributed by atoms with Gasteiger partial charge < -0.3 is 15.1 Å². The van der Waals surface area contributed by atoms with Crippen LogP contribution in [-0.4, -0.2) is 96.5 Å². The molecule has 0 atom stereocenters. The van der Waals surface area contributed by atoms with E-state index in [2.05, 4.69) is 42.1 Å². The highest BCUT2D eigenvalue weighted by Gasteiger charge is 2.25. The molecule has 0 spiro atoms. The third-order valence-corrected chi connectivity index (χ3v) is 6.22. The number of likely N-dealkylation sites (tertiary alicyclic amines) is 1. The fourth-order valence-corrected chi connectivity index (χ4v) is 3.32. The Kier molecular flexibility index (Phi) is 10.6. The first-order valence-corrected chi connectivity index (χ1v) is 10.8. The fourth-order valence-electron chi connectivity index (χ4n) is 3.13. The van der Waals surface area contributed by atoms with Crippen LogP contribution in [0.4, 0.5) is 0 Å². The second-order valence-electron chi connectivity index (χ2n) is 7.49. The number of carbonyl (C=O) groups is 1. The van der Waals surface area contributed by atoms with Crippen LogP contribution in [0.3, 0.4) is 0 Å². The molecule has 8 heteroatoms. The first kappa shape index (κ1) is 23.8. The molecule has 2 rings (SSSR count). The predicted octanol–water partition coefficient (Wildman–Crippen LogP) is 1.95. The maximum Gasteiger partial charge on any atom is 0.236 e. The molecular formula is C18H36IN5OS. The third-order valence-electron chi connectivity index (χ3n) is 4.99. The summed E-state index contributed by atoms with van der Waals surface area (Å²) in [6.07, 6.45) is 4.46. The third kappa shape index (κ3) is 7.42. The van der Waals surface area contributed by atoms with Crippen LogP contribution in [0.15, 0.2) is 4.99 Å². The molecule has 2 heterocycles. The number of thioether (sulfide) groups is 1. The largest absolute Gasteiger partial charge is 0.357 e. The van der Waals surface area contributed by atoms with Gasteiger partial charge in [-0.3, -0.25) is 14.7 Å². The topological polar surface area (TPSA) is 51.2 Å². The molecule has 0 unspecified atom stereocenters. The molecule has 1 N–H and O–H groups in total. The van der Waals surface area contributed by atoms with Gasteiger partial charge in [0, 0.05) is 50.6 Å². The van der Waals surface area contributed by atoms with E-state index in [-0.39, 0.29) is 28.7 Å². The second-order valence-corrected chi connectivity index (χ2v) is 9.00. The summed E-state index contributed by atoms with van der Waals surface area (Å²) in [5, 5.41) is 3.42. The summed E-state index contributed by atoms with van der Waals surface area (Å²) >= 11 is 1.85. The number of guanidine groups is 1. The Morgan fingerprint density at radius 1 is 1.08 bits per heavy atom. The van der Waals surface area contributed by atoms with E-state index >= 15 is 0 Å². The van der Waals surface area contributed by atoms with Gasteiger partial charge in [0.2, 0.25) is 5.91 Å². The normalized spacial score (nSPS) is 19.5. The van der Waals surface area contributed by atoms with Crippen molar-refractivity contribution in [2.45, 2.75) is 38.4 Å². The smallest absolute Gasteiger partial charge is 0.236 e. The number of nitrogens with one attached hydrogen (secondary N) is 1. The number of hydrogen-bond acceptors (Lipinski definition) is 4. The lowest BCUT2D eigenvalue weighted by atomic mass is 10.2. The number of halogens is 1. The summed E-state index contributed by atoms with van der Waals surface area (Å²) in [5.41, 5.74) is 0. The van der Waals surface area contributed by atoms with E-state index < -0.39 is 0 Å². The number of aliphatic imine (C=N–C) groups is 1. The monoisotopic (exact) mass is 497 g/mol. The molecule has 2 aliphatic heterocycles.